The van der Waals surface area contributed by atoms with E-state index in [-0.39, 0.29) is 11.8 Å². The van der Waals surface area contributed by atoms with Gasteiger partial charge in [0.15, 0.2) is 0 Å². The van der Waals surface area contributed by atoms with Crippen LogP contribution in [-0.2, 0) is 4.79 Å². The third kappa shape index (κ3) is 6.30. The van der Waals surface area contributed by atoms with Crippen molar-refractivity contribution in [1.29, 1.82) is 0 Å². The van der Waals surface area contributed by atoms with Crippen molar-refractivity contribution in [2.75, 3.05) is 58.9 Å². The summed E-state index contributed by atoms with van der Waals surface area (Å²) in [6, 6.07) is 7.21. The van der Waals surface area contributed by atoms with Crippen molar-refractivity contribution in [3.05, 3.63) is 34.3 Å². The lowest BCUT2D eigenvalue weighted by atomic mass is 10.2. The van der Waals surface area contributed by atoms with E-state index in [0.717, 1.165) is 43.7 Å². The zero-order valence-electron chi connectivity index (χ0n) is 15.8. The Bertz CT molecular complexity index is 623. The van der Waals surface area contributed by atoms with Crippen molar-refractivity contribution >= 4 is 27.7 Å². The van der Waals surface area contributed by atoms with E-state index in [9.17, 15) is 9.59 Å². The molecule has 0 unspecified atom stereocenters. The minimum atomic E-state index is -0.137. The molecule has 0 spiro atoms. The molecule has 1 N–H and O–H groups in total. The van der Waals surface area contributed by atoms with Gasteiger partial charge < -0.3 is 15.1 Å². The maximum atomic E-state index is 12.4. The molecule has 0 radical (unpaired) electrons. The molecular formula is C20H29BrN4O2. The third-order valence-corrected chi connectivity index (χ3v) is 5.92. The van der Waals surface area contributed by atoms with E-state index in [1.807, 2.05) is 17.0 Å². The summed E-state index contributed by atoms with van der Waals surface area (Å²) in [5.74, 6) is -0.00710. The number of amides is 2. The van der Waals surface area contributed by atoms with E-state index >= 15 is 0 Å². The van der Waals surface area contributed by atoms with Crippen LogP contribution in [0.2, 0.25) is 0 Å². The highest BCUT2D eigenvalue weighted by molar-refractivity contribution is 9.10. The zero-order chi connectivity index (χ0) is 19.1. The van der Waals surface area contributed by atoms with Crippen LogP contribution in [-0.4, -0.2) is 85.4 Å². The first-order chi connectivity index (χ1) is 13.1. The van der Waals surface area contributed by atoms with Crippen LogP contribution >= 0.6 is 15.9 Å². The molecular weight excluding hydrogens is 408 g/mol. The predicted octanol–water partition coefficient (Wildman–Crippen LogP) is 1.81. The minimum Gasteiger partial charge on any atom is -0.352 e. The molecule has 7 heteroatoms. The van der Waals surface area contributed by atoms with E-state index in [1.165, 1.54) is 25.9 Å². The van der Waals surface area contributed by atoms with Crippen molar-refractivity contribution in [2.45, 2.75) is 19.3 Å². The minimum absolute atomic E-state index is 0.130. The summed E-state index contributed by atoms with van der Waals surface area (Å²) in [5, 5.41) is 2.83. The molecule has 1 aromatic rings. The lowest BCUT2D eigenvalue weighted by Gasteiger charge is -2.35. The average molecular weight is 437 g/mol. The van der Waals surface area contributed by atoms with Gasteiger partial charge >= 0.3 is 0 Å². The van der Waals surface area contributed by atoms with E-state index < -0.39 is 0 Å². The Balaban J connectivity index is 1.31. The Morgan fingerprint density at radius 2 is 1.48 bits per heavy atom. The molecule has 2 fully saturated rings. The normalized spacial score (nSPS) is 18.6. The van der Waals surface area contributed by atoms with Gasteiger partial charge in [0.25, 0.3) is 5.91 Å². The molecule has 0 bridgehead atoms. The molecule has 2 aliphatic rings. The van der Waals surface area contributed by atoms with Gasteiger partial charge in [0.1, 0.15) is 0 Å². The fourth-order valence-electron chi connectivity index (χ4n) is 3.65. The number of piperazine rings is 1. The van der Waals surface area contributed by atoms with Crippen molar-refractivity contribution in [3.63, 3.8) is 0 Å². The number of hydrogen-bond donors (Lipinski definition) is 1. The van der Waals surface area contributed by atoms with Crippen LogP contribution in [0, 0.1) is 0 Å². The number of carbonyl (C=O) groups excluding carboxylic acids is 2. The zero-order valence-corrected chi connectivity index (χ0v) is 17.4. The van der Waals surface area contributed by atoms with Crippen molar-refractivity contribution in [3.8, 4) is 0 Å². The van der Waals surface area contributed by atoms with Crippen molar-refractivity contribution in [2.24, 2.45) is 0 Å². The molecule has 27 heavy (non-hydrogen) atoms. The van der Waals surface area contributed by atoms with Gasteiger partial charge in [-0.05, 0) is 50.2 Å². The van der Waals surface area contributed by atoms with Crippen LogP contribution in [0.1, 0.15) is 29.6 Å². The molecule has 3 rings (SSSR count). The Labute approximate surface area is 170 Å². The molecule has 148 valence electrons. The smallest absolute Gasteiger partial charge is 0.251 e. The summed E-state index contributed by atoms with van der Waals surface area (Å²) in [6.07, 6.45) is 3.03. The summed E-state index contributed by atoms with van der Waals surface area (Å²) in [4.78, 5) is 31.4. The SMILES string of the molecule is O=C(NCCC(=O)N1CCN(CCN2CCCC2)CC1)c1ccc(Br)cc1. The lowest BCUT2D eigenvalue weighted by Crippen LogP contribution is -2.50. The van der Waals surface area contributed by atoms with Crippen LogP contribution in [0.3, 0.4) is 0 Å². The number of carbonyl (C=O) groups is 2. The Kier molecular flexibility index (Phi) is 7.67. The summed E-state index contributed by atoms with van der Waals surface area (Å²) < 4.78 is 0.939. The number of likely N-dealkylation sites (tertiary alicyclic amines) is 1. The van der Waals surface area contributed by atoms with Crippen LogP contribution in [0.25, 0.3) is 0 Å². The Hall–Kier alpha value is -1.44. The second kappa shape index (κ2) is 10.2. The molecule has 0 aromatic heterocycles. The third-order valence-electron chi connectivity index (χ3n) is 5.39. The van der Waals surface area contributed by atoms with E-state index in [4.69, 9.17) is 0 Å². The van der Waals surface area contributed by atoms with Crippen LogP contribution < -0.4 is 5.32 Å². The monoisotopic (exact) mass is 436 g/mol. The van der Waals surface area contributed by atoms with E-state index in [0.29, 0.717) is 18.5 Å². The van der Waals surface area contributed by atoms with Gasteiger partial charge in [-0.25, -0.2) is 0 Å². The van der Waals surface area contributed by atoms with Gasteiger partial charge in [-0.2, -0.15) is 0 Å². The fraction of sp³-hybridized carbons (Fsp3) is 0.600. The predicted molar refractivity (Wildman–Crippen MR) is 110 cm³/mol. The highest BCUT2D eigenvalue weighted by Crippen LogP contribution is 2.11. The number of nitrogens with zero attached hydrogens (tertiary/aromatic N) is 3. The quantitative estimate of drug-likeness (QED) is 0.707. The average Bonchev–Trinajstić information content (AvgIpc) is 3.21. The van der Waals surface area contributed by atoms with Gasteiger partial charge in [0.2, 0.25) is 5.91 Å². The first kappa shape index (κ1) is 20.3. The molecule has 2 saturated heterocycles. The Morgan fingerprint density at radius 3 is 2.11 bits per heavy atom. The maximum Gasteiger partial charge on any atom is 0.251 e. The largest absolute Gasteiger partial charge is 0.352 e. The van der Waals surface area contributed by atoms with Crippen molar-refractivity contribution < 1.29 is 9.59 Å². The highest BCUT2D eigenvalue weighted by Gasteiger charge is 2.21. The topological polar surface area (TPSA) is 55.9 Å². The van der Waals surface area contributed by atoms with E-state index in [2.05, 4.69) is 31.0 Å². The Morgan fingerprint density at radius 1 is 0.889 bits per heavy atom. The van der Waals surface area contributed by atoms with Crippen LogP contribution in [0.5, 0.6) is 0 Å². The molecule has 1 aromatic carbocycles. The number of rotatable bonds is 7. The molecule has 6 nitrogen and oxygen atoms in total. The molecule has 0 atom stereocenters. The lowest BCUT2D eigenvalue weighted by molar-refractivity contribution is -0.132. The van der Waals surface area contributed by atoms with Gasteiger partial charge in [0, 0.05) is 62.3 Å². The first-order valence-electron chi connectivity index (χ1n) is 9.88. The summed E-state index contributed by atoms with van der Waals surface area (Å²) in [5.41, 5.74) is 0.609. The second-order valence-corrected chi connectivity index (χ2v) is 8.20. The van der Waals surface area contributed by atoms with Gasteiger partial charge in [0.05, 0.1) is 0 Å². The molecule has 0 saturated carbocycles. The van der Waals surface area contributed by atoms with Crippen molar-refractivity contribution in [1.82, 2.24) is 20.0 Å². The second-order valence-electron chi connectivity index (χ2n) is 7.28. The number of halogens is 1. The highest BCUT2D eigenvalue weighted by atomic mass is 79.9. The van der Waals surface area contributed by atoms with Crippen LogP contribution in [0.15, 0.2) is 28.7 Å². The maximum absolute atomic E-state index is 12.4. The van der Waals surface area contributed by atoms with Gasteiger partial charge in [-0.1, -0.05) is 15.9 Å². The van der Waals surface area contributed by atoms with E-state index in [1.54, 1.807) is 12.1 Å². The summed E-state index contributed by atoms with van der Waals surface area (Å²) in [7, 11) is 0. The molecule has 2 amide bonds. The fourth-order valence-corrected chi connectivity index (χ4v) is 3.92. The van der Waals surface area contributed by atoms with Gasteiger partial charge in [-0.3, -0.25) is 14.5 Å². The summed E-state index contributed by atoms with van der Waals surface area (Å²) >= 11 is 3.35. The molecule has 2 heterocycles. The number of hydrogen-bond acceptors (Lipinski definition) is 4. The first-order valence-corrected chi connectivity index (χ1v) is 10.7. The summed E-state index contributed by atoms with van der Waals surface area (Å²) in [6.45, 7) is 8.59. The molecule has 2 aliphatic heterocycles. The molecule has 0 aliphatic carbocycles. The van der Waals surface area contributed by atoms with Crippen LogP contribution in [0.4, 0.5) is 0 Å². The number of nitrogens with one attached hydrogen (secondary N) is 1. The standard InChI is InChI=1S/C20H29BrN4O2/c21-18-5-3-17(4-6-18)20(27)22-8-7-19(26)25-15-13-24(14-16-25)12-11-23-9-1-2-10-23/h3-6H,1-2,7-16H2,(H,22,27). The van der Waals surface area contributed by atoms with Gasteiger partial charge in [-0.15, -0.1) is 0 Å². The number of benzene rings is 1.